The van der Waals surface area contributed by atoms with Crippen molar-refractivity contribution in [2.24, 2.45) is 0 Å². The van der Waals surface area contributed by atoms with Crippen molar-refractivity contribution in [3.8, 4) is 11.5 Å². The molecular formula is C17H14NO5-. The number of carbonyl (C=O) groups is 2. The number of hydrogen-bond donors (Lipinski definition) is 0. The summed E-state index contributed by atoms with van der Waals surface area (Å²) in [5, 5.41) is 10.4. The quantitative estimate of drug-likeness (QED) is 0.562. The maximum absolute atomic E-state index is 12.0. The molecule has 0 amide bonds. The summed E-state index contributed by atoms with van der Waals surface area (Å²) in [6.07, 6.45) is 4.27. The van der Waals surface area contributed by atoms with Crippen LogP contribution in [0.3, 0.4) is 0 Å². The van der Waals surface area contributed by atoms with Crippen molar-refractivity contribution in [2.45, 2.75) is 0 Å². The third-order valence-corrected chi connectivity index (χ3v) is 2.88. The van der Waals surface area contributed by atoms with Crippen molar-refractivity contribution in [3.63, 3.8) is 0 Å². The number of hydrogen-bond acceptors (Lipinski definition) is 6. The average molecular weight is 312 g/mol. The van der Waals surface area contributed by atoms with Gasteiger partial charge in [0.25, 0.3) is 0 Å². The number of pyridine rings is 1. The lowest BCUT2D eigenvalue weighted by atomic mass is 10.1. The van der Waals surface area contributed by atoms with Crippen LogP contribution in [0.4, 0.5) is 0 Å². The molecule has 1 heterocycles. The highest BCUT2D eigenvalue weighted by Gasteiger charge is 2.07. The molecule has 0 aliphatic rings. The zero-order valence-corrected chi connectivity index (χ0v) is 12.4. The number of allylic oxidation sites excluding steroid dienone is 1. The molecule has 0 saturated carbocycles. The van der Waals surface area contributed by atoms with Crippen LogP contribution in [0.2, 0.25) is 0 Å². The lowest BCUT2D eigenvalue weighted by Gasteiger charge is -2.10. The van der Waals surface area contributed by atoms with Crippen LogP contribution < -0.4 is 14.6 Å². The first-order chi connectivity index (χ1) is 11.1. The number of rotatable bonds is 7. The Bertz CT molecular complexity index is 725. The molecule has 0 aliphatic carbocycles. The zero-order chi connectivity index (χ0) is 16.7. The summed E-state index contributed by atoms with van der Waals surface area (Å²) in [6.45, 7) is -0.598. The van der Waals surface area contributed by atoms with E-state index in [1.807, 2.05) is 6.07 Å². The van der Waals surface area contributed by atoms with Gasteiger partial charge < -0.3 is 19.4 Å². The fraction of sp³-hybridized carbons (Fsp3) is 0.118. The summed E-state index contributed by atoms with van der Waals surface area (Å²) in [5.41, 5.74) is 1.05. The minimum Gasteiger partial charge on any atom is -0.546 e. The summed E-state index contributed by atoms with van der Waals surface area (Å²) >= 11 is 0. The van der Waals surface area contributed by atoms with Crippen molar-refractivity contribution in [1.82, 2.24) is 4.98 Å². The predicted octanol–water partition coefficient (Wildman–Crippen LogP) is 1.11. The molecular weight excluding hydrogens is 298 g/mol. The molecule has 0 spiro atoms. The Morgan fingerprint density at radius 2 is 1.96 bits per heavy atom. The van der Waals surface area contributed by atoms with Crippen LogP contribution in [0.5, 0.6) is 11.5 Å². The van der Waals surface area contributed by atoms with Gasteiger partial charge in [0.15, 0.2) is 17.3 Å². The number of benzene rings is 1. The fourth-order valence-corrected chi connectivity index (χ4v) is 1.79. The van der Waals surface area contributed by atoms with Crippen molar-refractivity contribution in [3.05, 3.63) is 59.9 Å². The van der Waals surface area contributed by atoms with E-state index in [1.54, 1.807) is 36.4 Å². The maximum atomic E-state index is 12.0. The molecule has 2 aromatic rings. The predicted molar refractivity (Wildman–Crippen MR) is 81.1 cm³/mol. The summed E-state index contributed by atoms with van der Waals surface area (Å²) in [4.78, 5) is 26.5. The second-order valence-corrected chi connectivity index (χ2v) is 4.48. The monoisotopic (exact) mass is 312 g/mol. The molecule has 6 nitrogen and oxygen atoms in total. The van der Waals surface area contributed by atoms with E-state index in [0.717, 1.165) is 0 Å². The molecule has 1 aromatic carbocycles. The number of nitrogens with zero attached hydrogens (tertiary/aromatic N) is 1. The summed E-state index contributed by atoms with van der Waals surface area (Å²) in [6, 6.07) is 10.4. The zero-order valence-electron chi connectivity index (χ0n) is 12.4. The average Bonchev–Trinajstić information content (AvgIpc) is 2.58. The molecule has 23 heavy (non-hydrogen) atoms. The van der Waals surface area contributed by atoms with E-state index in [-0.39, 0.29) is 11.5 Å². The number of methoxy groups -OCH3 is 1. The summed E-state index contributed by atoms with van der Waals surface area (Å²) in [5.74, 6) is -0.996. The van der Waals surface area contributed by atoms with Crippen LogP contribution in [0.25, 0.3) is 6.08 Å². The second kappa shape index (κ2) is 7.74. The van der Waals surface area contributed by atoms with E-state index in [4.69, 9.17) is 9.47 Å². The number of carboxylic acid groups (broad SMARTS) is 1. The smallest absolute Gasteiger partial charge is 0.185 e. The largest absolute Gasteiger partial charge is 0.546 e. The molecule has 0 aliphatic heterocycles. The van der Waals surface area contributed by atoms with Crippen LogP contribution >= 0.6 is 0 Å². The standard InChI is InChI=1S/C17H15NO5/c1-22-15-9-13(18-10-16(15)23-11-17(20)21)7-8-14(19)12-5-3-2-4-6-12/h2-10H,11H2,1H3,(H,20,21)/p-1/b8-7+. The lowest BCUT2D eigenvalue weighted by Crippen LogP contribution is -2.29. The van der Waals surface area contributed by atoms with Crippen molar-refractivity contribution < 1.29 is 24.2 Å². The van der Waals surface area contributed by atoms with Crippen molar-refractivity contribution in [1.29, 1.82) is 0 Å². The Morgan fingerprint density at radius 1 is 1.22 bits per heavy atom. The number of ether oxygens (including phenoxy) is 2. The van der Waals surface area contributed by atoms with Crippen LogP contribution in [0, 0.1) is 0 Å². The number of carbonyl (C=O) groups excluding carboxylic acids is 2. The molecule has 0 atom stereocenters. The Morgan fingerprint density at radius 3 is 2.61 bits per heavy atom. The number of aromatic nitrogens is 1. The van der Waals surface area contributed by atoms with Gasteiger partial charge in [-0.1, -0.05) is 30.3 Å². The second-order valence-electron chi connectivity index (χ2n) is 4.48. The van der Waals surface area contributed by atoms with Crippen LogP contribution in [-0.2, 0) is 4.79 Å². The van der Waals surface area contributed by atoms with Crippen LogP contribution in [-0.4, -0.2) is 30.5 Å². The summed E-state index contributed by atoms with van der Waals surface area (Å²) in [7, 11) is 1.42. The Balaban J connectivity index is 2.12. The third-order valence-electron chi connectivity index (χ3n) is 2.88. The first-order valence-corrected chi connectivity index (χ1v) is 6.74. The van der Waals surface area contributed by atoms with Gasteiger partial charge in [-0.15, -0.1) is 0 Å². The number of ketones is 1. The highest BCUT2D eigenvalue weighted by Crippen LogP contribution is 2.26. The minimum absolute atomic E-state index is 0.149. The Kier molecular flexibility index (Phi) is 5.46. The Labute approximate surface area is 133 Å². The molecule has 1 aromatic heterocycles. The van der Waals surface area contributed by atoms with E-state index in [0.29, 0.717) is 17.0 Å². The SMILES string of the molecule is COc1cc(/C=C/C(=O)c2ccccc2)ncc1OCC(=O)[O-]. The van der Waals surface area contributed by atoms with Gasteiger partial charge in [0.05, 0.1) is 25.0 Å². The molecule has 0 fully saturated rings. The van der Waals surface area contributed by atoms with Gasteiger partial charge in [-0.25, -0.2) is 0 Å². The van der Waals surface area contributed by atoms with Gasteiger partial charge in [-0.2, -0.15) is 0 Å². The highest BCUT2D eigenvalue weighted by atomic mass is 16.5. The van der Waals surface area contributed by atoms with E-state index in [9.17, 15) is 14.7 Å². The van der Waals surface area contributed by atoms with Gasteiger partial charge in [-0.3, -0.25) is 9.78 Å². The molecule has 2 rings (SSSR count). The number of carboxylic acids is 1. The highest BCUT2D eigenvalue weighted by molar-refractivity contribution is 6.06. The van der Waals surface area contributed by atoms with E-state index >= 15 is 0 Å². The van der Waals surface area contributed by atoms with Gasteiger partial charge in [-0.05, 0) is 12.2 Å². The van der Waals surface area contributed by atoms with Gasteiger partial charge in [0.2, 0.25) is 0 Å². The van der Waals surface area contributed by atoms with Crippen molar-refractivity contribution >= 4 is 17.8 Å². The first-order valence-electron chi connectivity index (χ1n) is 6.74. The topological polar surface area (TPSA) is 88.6 Å². The summed E-state index contributed by atoms with van der Waals surface area (Å²) < 4.78 is 10.1. The Hall–Kier alpha value is -3.15. The first kappa shape index (κ1) is 16.2. The normalized spacial score (nSPS) is 10.5. The molecule has 0 N–H and O–H groups in total. The molecule has 0 unspecified atom stereocenters. The van der Waals surface area contributed by atoms with Gasteiger partial charge in [0.1, 0.15) is 6.61 Å². The minimum atomic E-state index is -1.34. The number of aliphatic carboxylic acids is 1. The van der Waals surface area contributed by atoms with E-state index < -0.39 is 12.6 Å². The van der Waals surface area contributed by atoms with E-state index in [1.165, 1.54) is 19.4 Å². The van der Waals surface area contributed by atoms with Gasteiger partial charge >= 0.3 is 0 Å². The lowest BCUT2D eigenvalue weighted by molar-refractivity contribution is -0.307. The van der Waals surface area contributed by atoms with Gasteiger partial charge in [0, 0.05) is 11.6 Å². The molecule has 0 bridgehead atoms. The molecule has 118 valence electrons. The van der Waals surface area contributed by atoms with E-state index in [2.05, 4.69) is 4.98 Å². The van der Waals surface area contributed by atoms with Crippen LogP contribution in [0.1, 0.15) is 16.1 Å². The maximum Gasteiger partial charge on any atom is 0.185 e. The molecule has 6 heteroatoms. The van der Waals surface area contributed by atoms with Crippen molar-refractivity contribution in [2.75, 3.05) is 13.7 Å². The molecule has 0 radical (unpaired) electrons. The fourth-order valence-electron chi connectivity index (χ4n) is 1.79. The van der Waals surface area contributed by atoms with Crippen LogP contribution in [0.15, 0.2) is 48.7 Å². The molecule has 0 saturated heterocycles. The third kappa shape index (κ3) is 4.67.